The summed E-state index contributed by atoms with van der Waals surface area (Å²) in [4.78, 5) is 23.4. The van der Waals surface area contributed by atoms with E-state index in [4.69, 9.17) is 4.74 Å². The molecule has 0 spiro atoms. The highest BCUT2D eigenvalue weighted by atomic mass is 16.6. The normalized spacial score (nSPS) is 18.5. The summed E-state index contributed by atoms with van der Waals surface area (Å²) >= 11 is 0. The highest BCUT2D eigenvalue weighted by molar-refractivity contribution is 6.49. The SMILES string of the molecule is CB(O)C[C@@H](C(=O)OCc1cccc([N+](=O)[O-])c1)C(C1CCC1)C1CCC1. The van der Waals surface area contributed by atoms with Crippen LogP contribution in [0.4, 0.5) is 5.69 Å². The molecule has 27 heavy (non-hydrogen) atoms. The molecule has 2 aliphatic rings. The van der Waals surface area contributed by atoms with Crippen LogP contribution in [0.2, 0.25) is 13.1 Å². The Morgan fingerprint density at radius 3 is 2.41 bits per heavy atom. The van der Waals surface area contributed by atoms with Crippen LogP contribution < -0.4 is 0 Å². The van der Waals surface area contributed by atoms with Crippen molar-refractivity contribution >= 4 is 18.6 Å². The first-order chi connectivity index (χ1) is 13.0. The Kier molecular flexibility index (Phi) is 6.53. The second-order valence-electron chi connectivity index (χ2n) is 8.19. The number of esters is 1. The molecule has 2 aliphatic carbocycles. The fourth-order valence-corrected chi connectivity index (χ4v) is 4.49. The number of non-ortho nitro benzene ring substituents is 1. The maximum atomic E-state index is 12.9. The van der Waals surface area contributed by atoms with Crippen molar-refractivity contribution in [2.45, 2.75) is 58.3 Å². The first-order valence-corrected chi connectivity index (χ1v) is 10.0. The van der Waals surface area contributed by atoms with Crippen molar-refractivity contribution in [2.75, 3.05) is 0 Å². The van der Waals surface area contributed by atoms with E-state index < -0.39 is 11.8 Å². The Morgan fingerprint density at radius 1 is 1.30 bits per heavy atom. The van der Waals surface area contributed by atoms with E-state index in [-0.39, 0.29) is 24.2 Å². The third kappa shape index (κ3) is 4.89. The zero-order valence-electron chi connectivity index (χ0n) is 15.9. The Balaban J connectivity index is 1.69. The van der Waals surface area contributed by atoms with Crippen LogP contribution in [0.1, 0.15) is 44.1 Å². The fourth-order valence-electron chi connectivity index (χ4n) is 4.49. The largest absolute Gasteiger partial charge is 0.461 e. The molecular weight excluding hydrogens is 345 g/mol. The van der Waals surface area contributed by atoms with Gasteiger partial charge in [0.15, 0.2) is 0 Å². The predicted molar refractivity (Wildman–Crippen MR) is 103 cm³/mol. The Morgan fingerprint density at radius 2 is 1.93 bits per heavy atom. The van der Waals surface area contributed by atoms with Crippen molar-refractivity contribution in [1.82, 2.24) is 0 Å². The zero-order chi connectivity index (χ0) is 19.4. The van der Waals surface area contributed by atoms with Gasteiger partial charge in [0.05, 0.1) is 10.8 Å². The third-order valence-corrected chi connectivity index (χ3v) is 6.25. The molecule has 1 atom stereocenters. The van der Waals surface area contributed by atoms with Gasteiger partial charge in [0.1, 0.15) is 6.61 Å². The van der Waals surface area contributed by atoms with Crippen LogP contribution >= 0.6 is 0 Å². The van der Waals surface area contributed by atoms with E-state index in [0.717, 1.165) is 25.7 Å². The van der Waals surface area contributed by atoms with Crippen molar-refractivity contribution in [3.05, 3.63) is 39.9 Å². The quantitative estimate of drug-likeness (QED) is 0.305. The molecule has 0 unspecified atom stereocenters. The molecule has 7 heteroatoms. The average molecular weight is 373 g/mol. The predicted octanol–water partition coefficient (Wildman–Crippen LogP) is 4.08. The molecule has 0 saturated heterocycles. The number of benzene rings is 1. The number of hydrogen-bond acceptors (Lipinski definition) is 5. The molecule has 1 aromatic carbocycles. The third-order valence-electron chi connectivity index (χ3n) is 6.25. The van der Waals surface area contributed by atoms with E-state index in [1.165, 1.54) is 25.0 Å². The smallest absolute Gasteiger partial charge is 0.308 e. The molecule has 0 radical (unpaired) electrons. The average Bonchev–Trinajstić information content (AvgIpc) is 2.54. The molecule has 0 amide bonds. The molecule has 1 aromatic rings. The van der Waals surface area contributed by atoms with Gasteiger partial charge in [-0.15, -0.1) is 0 Å². The zero-order valence-corrected chi connectivity index (χ0v) is 15.9. The summed E-state index contributed by atoms with van der Waals surface area (Å²) in [6.45, 7) is 1.20. The lowest BCUT2D eigenvalue weighted by atomic mass is 9.54. The lowest BCUT2D eigenvalue weighted by Gasteiger charge is -2.45. The highest BCUT2D eigenvalue weighted by Gasteiger charge is 2.44. The molecule has 3 rings (SSSR count). The van der Waals surface area contributed by atoms with E-state index in [1.807, 2.05) is 0 Å². The maximum Gasteiger partial charge on any atom is 0.308 e. The molecule has 2 saturated carbocycles. The van der Waals surface area contributed by atoms with E-state index in [2.05, 4.69) is 0 Å². The highest BCUT2D eigenvalue weighted by Crippen LogP contribution is 2.49. The second-order valence-corrected chi connectivity index (χ2v) is 8.19. The van der Waals surface area contributed by atoms with Gasteiger partial charge in [-0.25, -0.2) is 0 Å². The molecule has 2 fully saturated rings. The maximum absolute atomic E-state index is 12.9. The summed E-state index contributed by atoms with van der Waals surface area (Å²) in [5.74, 6) is 0.846. The molecule has 6 nitrogen and oxygen atoms in total. The summed E-state index contributed by atoms with van der Waals surface area (Å²) in [7, 11) is 0. The van der Waals surface area contributed by atoms with E-state index in [1.54, 1.807) is 19.0 Å². The number of ether oxygens (including phenoxy) is 1. The minimum Gasteiger partial charge on any atom is -0.461 e. The fraction of sp³-hybridized carbons (Fsp3) is 0.650. The molecule has 1 N–H and O–H groups in total. The van der Waals surface area contributed by atoms with Gasteiger partial charge in [-0.2, -0.15) is 0 Å². The summed E-state index contributed by atoms with van der Waals surface area (Å²) in [5.41, 5.74) is 0.600. The molecule has 146 valence electrons. The number of nitro groups is 1. The minimum absolute atomic E-state index is 0.00843. The van der Waals surface area contributed by atoms with Gasteiger partial charge in [0.2, 0.25) is 0 Å². The van der Waals surface area contributed by atoms with Crippen molar-refractivity contribution < 1.29 is 19.5 Å². The van der Waals surface area contributed by atoms with Crippen LogP contribution in [0.15, 0.2) is 24.3 Å². The minimum atomic E-state index is -0.553. The lowest BCUT2D eigenvalue weighted by Crippen LogP contribution is -2.42. The Bertz CT molecular complexity index is 658. The van der Waals surface area contributed by atoms with Crippen LogP contribution in [0.5, 0.6) is 0 Å². The van der Waals surface area contributed by atoms with Gasteiger partial charge in [0, 0.05) is 12.1 Å². The number of rotatable bonds is 9. The number of carbonyl (C=O) groups is 1. The van der Waals surface area contributed by atoms with Gasteiger partial charge in [-0.3, -0.25) is 14.9 Å². The molecule has 0 bridgehead atoms. The van der Waals surface area contributed by atoms with Crippen LogP contribution in [0, 0.1) is 33.8 Å². The van der Waals surface area contributed by atoms with Crippen molar-refractivity contribution in [1.29, 1.82) is 0 Å². The first kappa shape index (κ1) is 19.9. The van der Waals surface area contributed by atoms with E-state index in [0.29, 0.717) is 29.6 Å². The van der Waals surface area contributed by atoms with Crippen LogP contribution in [0.25, 0.3) is 0 Å². The monoisotopic (exact) mass is 373 g/mol. The van der Waals surface area contributed by atoms with Gasteiger partial charge < -0.3 is 9.76 Å². The molecule has 0 aliphatic heterocycles. The van der Waals surface area contributed by atoms with E-state index >= 15 is 0 Å². The number of nitrogens with zero attached hydrogens (tertiary/aromatic N) is 1. The van der Waals surface area contributed by atoms with Gasteiger partial charge in [-0.05, 0) is 29.6 Å². The van der Waals surface area contributed by atoms with Crippen LogP contribution in [-0.4, -0.2) is 22.8 Å². The van der Waals surface area contributed by atoms with E-state index in [9.17, 15) is 19.9 Å². The number of nitro benzene ring substituents is 1. The Labute approximate surface area is 160 Å². The van der Waals surface area contributed by atoms with Gasteiger partial charge >= 0.3 is 5.97 Å². The van der Waals surface area contributed by atoms with Crippen LogP contribution in [-0.2, 0) is 16.1 Å². The van der Waals surface area contributed by atoms with Crippen molar-refractivity contribution in [3.8, 4) is 0 Å². The van der Waals surface area contributed by atoms with Crippen molar-refractivity contribution in [3.63, 3.8) is 0 Å². The topological polar surface area (TPSA) is 89.7 Å². The standard InChI is InChI=1S/C20H28BNO5/c1-21(24)12-18(19(15-6-3-7-15)16-8-4-9-16)20(23)27-13-14-5-2-10-17(11-14)22(25)26/h2,5,10-11,15-16,18-19,24H,3-4,6-9,12-13H2,1H3/t18-/m1/s1. The first-order valence-electron chi connectivity index (χ1n) is 10.0. The molecule has 0 heterocycles. The number of carbonyl (C=O) groups excluding carboxylic acids is 1. The van der Waals surface area contributed by atoms with Crippen LogP contribution in [0.3, 0.4) is 0 Å². The second kappa shape index (κ2) is 8.87. The number of hydrogen-bond donors (Lipinski definition) is 1. The Hall–Kier alpha value is -1.89. The summed E-state index contributed by atoms with van der Waals surface area (Å²) < 4.78 is 5.57. The van der Waals surface area contributed by atoms with Crippen molar-refractivity contribution in [2.24, 2.45) is 23.7 Å². The van der Waals surface area contributed by atoms with Gasteiger partial charge in [-0.1, -0.05) is 57.5 Å². The van der Waals surface area contributed by atoms with Gasteiger partial charge in [0.25, 0.3) is 12.6 Å². The summed E-state index contributed by atoms with van der Waals surface area (Å²) in [5, 5.41) is 20.9. The molecular formula is C20H28BNO5. The summed E-state index contributed by atoms with van der Waals surface area (Å²) in [6, 6.07) is 6.18. The lowest BCUT2D eigenvalue weighted by molar-refractivity contribution is -0.384. The molecule has 0 aromatic heterocycles. The summed E-state index contributed by atoms with van der Waals surface area (Å²) in [6.07, 6.45) is 7.51.